The predicted octanol–water partition coefficient (Wildman–Crippen LogP) is 1.63. The fraction of sp³-hybridized carbons (Fsp3) is 0.231. The van der Waals surface area contributed by atoms with Crippen molar-refractivity contribution >= 4 is 23.2 Å². The van der Waals surface area contributed by atoms with Crippen LogP contribution in [0.2, 0.25) is 5.02 Å². The number of carbonyl (C=O) groups is 1. The Morgan fingerprint density at radius 3 is 2.43 bits per heavy atom. The van der Waals surface area contributed by atoms with E-state index in [0.717, 1.165) is 0 Å². The second-order valence-corrected chi connectivity index (χ2v) is 4.70. The SMILES string of the molecule is COc1nc(OC)nc(C2C(=O)Nc3c(Cl)cccc32)n1. The average molecular weight is 307 g/mol. The minimum Gasteiger partial charge on any atom is -0.467 e. The van der Waals surface area contributed by atoms with Crippen LogP contribution in [0, 0.1) is 0 Å². The third-order valence-corrected chi connectivity index (χ3v) is 3.42. The zero-order valence-corrected chi connectivity index (χ0v) is 12.0. The summed E-state index contributed by atoms with van der Waals surface area (Å²) in [5, 5.41) is 3.21. The van der Waals surface area contributed by atoms with Crippen LogP contribution < -0.4 is 14.8 Å². The van der Waals surface area contributed by atoms with Crippen LogP contribution in [0.15, 0.2) is 18.2 Å². The summed E-state index contributed by atoms with van der Waals surface area (Å²) in [5.41, 5.74) is 1.29. The van der Waals surface area contributed by atoms with E-state index in [1.54, 1.807) is 18.2 Å². The molecule has 0 saturated carbocycles. The van der Waals surface area contributed by atoms with Crippen LogP contribution in [-0.4, -0.2) is 35.1 Å². The maximum Gasteiger partial charge on any atom is 0.322 e. The highest BCUT2D eigenvalue weighted by Crippen LogP contribution is 2.40. The van der Waals surface area contributed by atoms with Gasteiger partial charge in [0.1, 0.15) is 5.92 Å². The number of rotatable bonds is 3. The van der Waals surface area contributed by atoms with Gasteiger partial charge in [0.25, 0.3) is 0 Å². The minimum absolute atomic E-state index is 0.0835. The number of nitrogens with one attached hydrogen (secondary N) is 1. The molecule has 0 saturated heterocycles. The van der Waals surface area contributed by atoms with E-state index in [9.17, 15) is 4.79 Å². The molecule has 0 bridgehead atoms. The number of para-hydroxylation sites is 1. The van der Waals surface area contributed by atoms with E-state index in [4.69, 9.17) is 21.1 Å². The third-order valence-electron chi connectivity index (χ3n) is 3.10. The molecule has 2 aromatic rings. The molecule has 0 spiro atoms. The van der Waals surface area contributed by atoms with Gasteiger partial charge in [0.15, 0.2) is 5.82 Å². The van der Waals surface area contributed by atoms with Crippen molar-refractivity contribution in [1.82, 2.24) is 15.0 Å². The zero-order valence-electron chi connectivity index (χ0n) is 11.3. The Labute approximate surface area is 125 Å². The van der Waals surface area contributed by atoms with Gasteiger partial charge in [-0.25, -0.2) is 0 Å². The number of nitrogens with zero attached hydrogens (tertiary/aromatic N) is 3. The van der Waals surface area contributed by atoms with E-state index in [0.29, 0.717) is 16.3 Å². The highest BCUT2D eigenvalue weighted by atomic mass is 35.5. The van der Waals surface area contributed by atoms with Gasteiger partial charge in [-0.1, -0.05) is 23.7 Å². The number of halogens is 1. The van der Waals surface area contributed by atoms with Crippen LogP contribution in [0.1, 0.15) is 17.3 Å². The fourth-order valence-electron chi connectivity index (χ4n) is 2.17. The number of hydrogen-bond donors (Lipinski definition) is 1. The van der Waals surface area contributed by atoms with Gasteiger partial charge >= 0.3 is 12.0 Å². The first-order chi connectivity index (χ1) is 10.1. The molecule has 1 atom stereocenters. The largest absolute Gasteiger partial charge is 0.467 e. The first-order valence-corrected chi connectivity index (χ1v) is 6.45. The normalized spacial score (nSPS) is 16.3. The van der Waals surface area contributed by atoms with E-state index in [1.165, 1.54) is 14.2 Å². The van der Waals surface area contributed by atoms with E-state index in [1.807, 2.05) is 0 Å². The Morgan fingerprint density at radius 2 is 1.81 bits per heavy atom. The van der Waals surface area contributed by atoms with Gasteiger partial charge in [-0.2, -0.15) is 9.97 Å². The number of hydrogen-bond acceptors (Lipinski definition) is 6. The van der Waals surface area contributed by atoms with Gasteiger partial charge in [-0.15, -0.1) is 4.98 Å². The lowest BCUT2D eigenvalue weighted by molar-refractivity contribution is -0.116. The molecular weight excluding hydrogens is 296 g/mol. The molecule has 21 heavy (non-hydrogen) atoms. The van der Waals surface area contributed by atoms with Gasteiger partial charge < -0.3 is 14.8 Å². The summed E-state index contributed by atoms with van der Waals surface area (Å²) in [7, 11) is 2.86. The standard InChI is InChI=1S/C13H11ClN4O3/c1-20-12-16-10(17-13(18-12)21-2)8-6-4-3-5-7(14)9(6)15-11(8)19/h3-5,8H,1-2H3,(H,15,19). The average Bonchev–Trinajstić information content (AvgIpc) is 2.84. The monoisotopic (exact) mass is 306 g/mol. The molecule has 0 radical (unpaired) electrons. The molecule has 1 N–H and O–H groups in total. The summed E-state index contributed by atoms with van der Waals surface area (Å²) in [6.45, 7) is 0. The van der Waals surface area contributed by atoms with Gasteiger partial charge in [-0.05, 0) is 11.6 Å². The molecule has 8 heteroatoms. The van der Waals surface area contributed by atoms with Crippen LogP contribution in [0.4, 0.5) is 5.69 Å². The number of amides is 1. The molecule has 1 amide bonds. The van der Waals surface area contributed by atoms with Crippen molar-refractivity contribution in [3.63, 3.8) is 0 Å². The molecule has 7 nitrogen and oxygen atoms in total. The van der Waals surface area contributed by atoms with Crippen LogP contribution in [0.3, 0.4) is 0 Å². The Morgan fingerprint density at radius 1 is 1.14 bits per heavy atom. The Bertz CT molecular complexity index is 700. The maximum atomic E-state index is 12.2. The number of anilines is 1. The second kappa shape index (κ2) is 5.17. The minimum atomic E-state index is -0.676. The number of aromatic nitrogens is 3. The second-order valence-electron chi connectivity index (χ2n) is 4.29. The first-order valence-electron chi connectivity index (χ1n) is 6.07. The van der Waals surface area contributed by atoms with Gasteiger partial charge in [0, 0.05) is 0 Å². The van der Waals surface area contributed by atoms with Crippen molar-refractivity contribution in [2.24, 2.45) is 0 Å². The van der Waals surface area contributed by atoms with E-state index >= 15 is 0 Å². The predicted molar refractivity (Wildman–Crippen MR) is 74.9 cm³/mol. The molecule has 108 valence electrons. The molecule has 1 aliphatic heterocycles. The molecular formula is C13H11ClN4O3. The van der Waals surface area contributed by atoms with Crippen LogP contribution in [0.5, 0.6) is 12.0 Å². The quantitative estimate of drug-likeness (QED) is 0.927. The highest BCUT2D eigenvalue weighted by Gasteiger charge is 2.36. The van der Waals surface area contributed by atoms with E-state index in [-0.39, 0.29) is 23.8 Å². The Balaban J connectivity index is 2.13. The van der Waals surface area contributed by atoms with Crippen molar-refractivity contribution in [1.29, 1.82) is 0 Å². The summed E-state index contributed by atoms with van der Waals surface area (Å²) < 4.78 is 10.0. The van der Waals surface area contributed by atoms with Crippen molar-refractivity contribution in [3.8, 4) is 12.0 Å². The topological polar surface area (TPSA) is 86.2 Å². The molecule has 1 aromatic heterocycles. The van der Waals surface area contributed by atoms with Crippen LogP contribution >= 0.6 is 11.6 Å². The van der Waals surface area contributed by atoms with Crippen molar-refractivity contribution < 1.29 is 14.3 Å². The lowest BCUT2D eigenvalue weighted by Gasteiger charge is -2.09. The smallest absolute Gasteiger partial charge is 0.322 e. The summed E-state index contributed by atoms with van der Waals surface area (Å²) in [6, 6.07) is 5.44. The molecule has 0 aliphatic carbocycles. The molecule has 0 fully saturated rings. The zero-order chi connectivity index (χ0) is 15.0. The summed E-state index contributed by atoms with van der Waals surface area (Å²) in [5.74, 6) is -0.685. The first kappa shape index (κ1) is 13.6. The number of fused-ring (bicyclic) bond motifs is 1. The van der Waals surface area contributed by atoms with Crippen LogP contribution in [0.25, 0.3) is 0 Å². The van der Waals surface area contributed by atoms with Crippen molar-refractivity contribution in [2.45, 2.75) is 5.92 Å². The Hall–Kier alpha value is -2.41. The number of ether oxygens (including phenoxy) is 2. The number of carbonyl (C=O) groups excluding carboxylic acids is 1. The third kappa shape index (κ3) is 2.25. The summed E-state index contributed by atoms with van der Waals surface area (Å²) in [6.07, 6.45) is 0. The van der Waals surface area contributed by atoms with Gasteiger partial charge in [0.05, 0.1) is 24.9 Å². The maximum absolute atomic E-state index is 12.2. The number of methoxy groups -OCH3 is 2. The molecule has 3 rings (SSSR count). The Kier molecular flexibility index (Phi) is 3.34. The summed E-state index contributed by atoms with van der Waals surface area (Å²) >= 11 is 6.09. The molecule has 1 unspecified atom stereocenters. The molecule has 1 aliphatic rings. The van der Waals surface area contributed by atoms with Gasteiger partial charge in [-0.3, -0.25) is 4.79 Å². The van der Waals surface area contributed by atoms with E-state index in [2.05, 4.69) is 20.3 Å². The molecule has 1 aromatic carbocycles. The lowest BCUT2D eigenvalue weighted by atomic mass is 10.00. The number of benzene rings is 1. The summed E-state index contributed by atoms with van der Waals surface area (Å²) in [4.78, 5) is 24.4. The van der Waals surface area contributed by atoms with Crippen molar-refractivity contribution in [3.05, 3.63) is 34.6 Å². The van der Waals surface area contributed by atoms with Crippen molar-refractivity contribution in [2.75, 3.05) is 19.5 Å². The molecule has 2 heterocycles. The fourth-order valence-corrected chi connectivity index (χ4v) is 2.40. The highest BCUT2D eigenvalue weighted by molar-refractivity contribution is 6.34. The lowest BCUT2D eigenvalue weighted by Crippen LogP contribution is -2.17. The van der Waals surface area contributed by atoms with Crippen LogP contribution in [-0.2, 0) is 4.79 Å². The van der Waals surface area contributed by atoms with Gasteiger partial charge in [0.2, 0.25) is 5.91 Å². The van der Waals surface area contributed by atoms with E-state index < -0.39 is 5.92 Å².